The van der Waals surface area contributed by atoms with Crippen LogP contribution in [-0.4, -0.2) is 61.4 Å². The molecule has 0 atom stereocenters. The monoisotopic (exact) mass is 366 g/mol. The third-order valence-electron chi connectivity index (χ3n) is 3.67. The summed E-state index contributed by atoms with van der Waals surface area (Å²) in [5, 5.41) is 4.26. The Bertz CT molecular complexity index is 647. The molecule has 2 heterocycles. The van der Waals surface area contributed by atoms with Crippen molar-refractivity contribution in [2.75, 3.05) is 51.8 Å². The van der Waals surface area contributed by atoms with Crippen molar-refractivity contribution in [1.82, 2.24) is 14.9 Å². The van der Waals surface area contributed by atoms with Crippen molar-refractivity contribution in [1.29, 1.82) is 0 Å². The van der Waals surface area contributed by atoms with Crippen LogP contribution in [0.2, 0.25) is 0 Å². The Morgan fingerprint density at radius 3 is 2.95 bits per heavy atom. The minimum atomic E-state index is 0.644. The Balaban J connectivity index is 1.65. The lowest BCUT2D eigenvalue weighted by molar-refractivity contribution is 0.0398. The van der Waals surface area contributed by atoms with Crippen molar-refractivity contribution >= 4 is 32.8 Å². The molecule has 7 heteroatoms. The number of nitrogens with zero attached hydrogens (tertiary/aromatic N) is 3. The van der Waals surface area contributed by atoms with Gasteiger partial charge in [0, 0.05) is 43.8 Å². The summed E-state index contributed by atoms with van der Waals surface area (Å²) in [5.41, 5.74) is 0.865. The topological polar surface area (TPSA) is 59.5 Å². The van der Waals surface area contributed by atoms with E-state index >= 15 is 0 Å². The van der Waals surface area contributed by atoms with Gasteiger partial charge in [-0.3, -0.25) is 4.90 Å². The maximum absolute atomic E-state index is 5.34. The van der Waals surface area contributed by atoms with Crippen LogP contribution in [0, 0.1) is 0 Å². The Labute approximate surface area is 138 Å². The van der Waals surface area contributed by atoms with Gasteiger partial charge >= 0.3 is 0 Å². The van der Waals surface area contributed by atoms with Crippen LogP contribution >= 0.6 is 15.9 Å². The third kappa shape index (κ3) is 3.66. The molecule has 1 aliphatic heterocycles. The summed E-state index contributed by atoms with van der Waals surface area (Å²) in [4.78, 5) is 11.3. The van der Waals surface area contributed by atoms with Crippen molar-refractivity contribution in [3.63, 3.8) is 0 Å². The number of hydrogen-bond donors (Lipinski definition) is 1. The lowest BCUT2D eigenvalue weighted by Crippen LogP contribution is -2.39. The standard InChI is InChI=1S/C15H19BrN4O2/c1-21-14-9-13-11(8-12(14)16)10-18-15(19-13)17-2-3-20-4-6-22-7-5-20/h8-10H,2-7H2,1H3,(H,17,18,19). The highest BCUT2D eigenvalue weighted by Gasteiger charge is 2.10. The van der Waals surface area contributed by atoms with E-state index in [-0.39, 0.29) is 0 Å². The molecule has 0 aliphatic carbocycles. The van der Waals surface area contributed by atoms with Crippen LogP contribution in [0.3, 0.4) is 0 Å². The van der Waals surface area contributed by atoms with E-state index in [4.69, 9.17) is 9.47 Å². The van der Waals surface area contributed by atoms with Gasteiger partial charge in [-0.1, -0.05) is 0 Å². The van der Waals surface area contributed by atoms with Crippen LogP contribution < -0.4 is 10.1 Å². The van der Waals surface area contributed by atoms with Gasteiger partial charge in [-0.25, -0.2) is 9.97 Å². The van der Waals surface area contributed by atoms with Gasteiger partial charge in [0.05, 0.1) is 30.3 Å². The highest BCUT2D eigenvalue weighted by atomic mass is 79.9. The molecule has 1 fully saturated rings. The summed E-state index contributed by atoms with van der Waals surface area (Å²) < 4.78 is 11.6. The Morgan fingerprint density at radius 1 is 1.36 bits per heavy atom. The first-order valence-corrected chi connectivity index (χ1v) is 8.10. The molecule has 3 rings (SSSR count). The largest absolute Gasteiger partial charge is 0.495 e. The van der Waals surface area contributed by atoms with Gasteiger partial charge in [-0.2, -0.15) is 0 Å². The number of halogens is 1. The van der Waals surface area contributed by atoms with E-state index in [2.05, 4.69) is 36.1 Å². The summed E-state index contributed by atoms with van der Waals surface area (Å²) in [6.45, 7) is 5.41. The molecule has 0 amide bonds. The molecule has 1 N–H and O–H groups in total. The fraction of sp³-hybridized carbons (Fsp3) is 0.467. The van der Waals surface area contributed by atoms with Crippen molar-refractivity contribution in [3.05, 3.63) is 22.8 Å². The molecule has 6 nitrogen and oxygen atoms in total. The van der Waals surface area contributed by atoms with E-state index in [1.165, 1.54) is 0 Å². The predicted octanol–water partition coefficient (Wildman–Crippen LogP) is 2.14. The third-order valence-corrected chi connectivity index (χ3v) is 4.29. The number of anilines is 1. The highest BCUT2D eigenvalue weighted by molar-refractivity contribution is 9.10. The average Bonchev–Trinajstić information content (AvgIpc) is 2.55. The molecule has 0 saturated carbocycles. The van der Waals surface area contributed by atoms with E-state index in [0.717, 1.165) is 60.5 Å². The van der Waals surface area contributed by atoms with Crippen molar-refractivity contribution in [2.45, 2.75) is 0 Å². The molecule has 0 bridgehead atoms. The summed E-state index contributed by atoms with van der Waals surface area (Å²) in [5.74, 6) is 1.41. The van der Waals surface area contributed by atoms with Gasteiger partial charge in [-0.15, -0.1) is 0 Å². The van der Waals surface area contributed by atoms with E-state index in [1.54, 1.807) is 7.11 Å². The zero-order chi connectivity index (χ0) is 15.4. The number of fused-ring (bicyclic) bond motifs is 1. The Kier molecular flexibility index (Phi) is 5.07. The van der Waals surface area contributed by atoms with Crippen LogP contribution in [0.5, 0.6) is 5.75 Å². The number of benzene rings is 1. The summed E-state index contributed by atoms with van der Waals surface area (Å²) >= 11 is 3.47. The van der Waals surface area contributed by atoms with Crippen molar-refractivity contribution < 1.29 is 9.47 Å². The molecular formula is C15H19BrN4O2. The smallest absolute Gasteiger partial charge is 0.223 e. The van der Waals surface area contributed by atoms with Crippen LogP contribution in [0.25, 0.3) is 10.9 Å². The molecule has 1 aliphatic rings. The average molecular weight is 367 g/mol. The lowest BCUT2D eigenvalue weighted by Gasteiger charge is -2.26. The van der Waals surface area contributed by atoms with Crippen LogP contribution in [0.15, 0.2) is 22.8 Å². The minimum Gasteiger partial charge on any atom is -0.495 e. The Hall–Kier alpha value is -1.44. The number of nitrogens with one attached hydrogen (secondary N) is 1. The SMILES string of the molecule is COc1cc2nc(NCCN3CCOCC3)ncc2cc1Br. The van der Waals surface area contributed by atoms with Gasteiger partial charge in [0.1, 0.15) is 5.75 Å². The van der Waals surface area contributed by atoms with Gasteiger partial charge in [-0.05, 0) is 22.0 Å². The van der Waals surface area contributed by atoms with Crippen molar-refractivity contribution in [3.8, 4) is 5.75 Å². The van der Waals surface area contributed by atoms with Crippen molar-refractivity contribution in [2.24, 2.45) is 0 Å². The van der Waals surface area contributed by atoms with E-state index < -0.39 is 0 Å². The molecule has 0 spiro atoms. The Morgan fingerprint density at radius 2 is 2.18 bits per heavy atom. The first kappa shape index (κ1) is 15.5. The summed E-state index contributed by atoms with van der Waals surface area (Å²) in [7, 11) is 1.65. The summed E-state index contributed by atoms with van der Waals surface area (Å²) in [6.07, 6.45) is 1.82. The zero-order valence-corrected chi connectivity index (χ0v) is 14.1. The molecule has 0 radical (unpaired) electrons. The second-order valence-electron chi connectivity index (χ2n) is 5.12. The fourth-order valence-corrected chi connectivity index (χ4v) is 2.95. The molecule has 2 aromatic rings. The molecular weight excluding hydrogens is 348 g/mol. The van der Waals surface area contributed by atoms with Gasteiger partial charge in [0.15, 0.2) is 0 Å². The summed E-state index contributed by atoms with van der Waals surface area (Å²) in [6, 6.07) is 3.87. The predicted molar refractivity (Wildman–Crippen MR) is 89.5 cm³/mol. The van der Waals surface area contributed by atoms with Crippen LogP contribution in [-0.2, 0) is 4.74 Å². The minimum absolute atomic E-state index is 0.644. The molecule has 118 valence electrons. The number of morpholine rings is 1. The molecule has 22 heavy (non-hydrogen) atoms. The quantitative estimate of drug-likeness (QED) is 0.874. The first-order chi connectivity index (χ1) is 10.8. The van der Waals surface area contributed by atoms with E-state index in [0.29, 0.717) is 5.95 Å². The van der Waals surface area contributed by atoms with E-state index in [9.17, 15) is 0 Å². The number of ether oxygens (including phenoxy) is 2. The lowest BCUT2D eigenvalue weighted by atomic mass is 10.2. The second kappa shape index (κ2) is 7.21. The van der Waals surface area contributed by atoms with Gasteiger partial charge < -0.3 is 14.8 Å². The maximum atomic E-state index is 5.34. The molecule has 1 aromatic heterocycles. The molecule has 1 saturated heterocycles. The number of hydrogen-bond acceptors (Lipinski definition) is 6. The van der Waals surface area contributed by atoms with Crippen LogP contribution in [0.1, 0.15) is 0 Å². The van der Waals surface area contributed by atoms with Gasteiger partial charge in [0.2, 0.25) is 5.95 Å². The first-order valence-electron chi connectivity index (χ1n) is 7.30. The normalized spacial score (nSPS) is 15.9. The molecule has 1 aromatic carbocycles. The van der Waals surface area contributed by atoms with Gasteiger partial charge in [0.25, 0.3) is 0 Å². The van der Waals surface area contributed by atoms with E-state index in [1.807, 2.05) is 18.3 Å². The number of rotatable bonds is 5. The number of aromatic nitrogens is 2. The zero-order valence-electron chi connectivity index (χ0n) is 12.5. The number of methoxy groups -OCH3 is 1. The fourth-order valence-electron chi connectivity index (χ4n) is 2.42. The van der Waals surface area contributed by atoms with Crippen LogP contribution in [0.4, 0.5) is 5.95 Å². The highest BCUT2D eigenvalue weighted by Crippen LogP contribution is 2.29. The second-order valence-corrected chi connectivity index (χ2v) is 5.97. The maximum Gasteiger partial charge on any atom is 0.223 e. The molecule has 0 unspecified atom stereocenters.